The number of likely N-dealkylation sites (N-methyl/N-ethyl adjacent to an activating group) is 1. The molecule has 1 atom stereocenters. The van der Waals surface area contributed by atoms with Gasteiger partial charge in [0.2, 0.25) is 5.91 Å². The Morgan fingerprint density at radius 1 is 0.938 bits per heavy atom. The molecule has 0 heterocycles. The van der Waals surface area contributed by atoms with E-state index in [1.807, 2.05) is 54.4 Å². The number of methoxy groups -OCH3 is 1. The van der Waals surface area contributed by atoms with Gasteiger partial charge < -0.3 is 10.1 Å². The molecule has 0 aliphatic heterocycles. The zero-order chi connectivity index (χ0) is 22.9. The molecule has 32 heavy (non-hydrogen) atoms. The summed E-state index contributed by atoms with van der Waals surface area (Å²) in [6, 6.07) is 23.1. The van der Waals surface area contributed by atoms with Gasteiger partial charge in [-0.15, -0.1) is 0 Å². The van der Waals surface area contributed by atoms with Crippen molar-refractivity contribution >= 4 is 11.9 Å². The lowest BCUT2D eigenvalue weighted by atomic mass is 9.97. The summed E-state index contributed by atoms with van der Waals surface area (Å²) in [4.78, 5) is 26.5. The van der Waals surface area contributed by atoms with Crippen LogP contribution in [0.15, 0.2) is 78.9 Å². The first-order valence-corrected chi connectivity index (χ1v) is 10.4. The molecule has 0 bridgehead atoms. The van der Waals surface area contributed by atoms with Crippen LogP contribution in [0.25, 0.3) is 0 Å². The van der Waals surface area contributed by atoms with Gasteiger partial charge in [0.1, 0.15) is 5.82 Å². The average molecular weight is 435 g/mol. The number of rotatable bonds is 9. The van der Waals surface area contributed by atoms with E-state index >= 15 is 0 Å². The van der Waals surface area contributed by atoms with Gasteiger partial charge in [-0.05, 0) is 48.4 Å². The summed E-state index contributed by atoms with van der Waals surface area (Å²) in [7, 11) is 3.22. The van der Waals surface area contributed by atoms with Crippen molar-refractivity contribution in [3.05, 3.63) is 107 Å². The molecule has 1 unspecified atom stereocenters. The quantitative estimate of drug-likeness (QED) is 0.518. The molecule has 0 aliphatic carbocycles. The molecular formula is C26H27FN2O3. The second kappa shape index (κ2) is 11.2. The maximum absolute atomic E-state index is 13.4. The van der Waals surface area contributed by atoms with E-state index in [0.717, 1.165) is 16.7 Å². The second-order valence-electron chi connectivity index (χ2n) is 7.53. The predicted molar refractivity (Wildman–Crippen MR) is 122 cm³/mol. The van der Waals surface area contributed by atoms with Gasteiger partial charge in [0.25, 0.3) is 0 Å². The van der Waals surface area contributed by atoms with E-state index in [2.05, 4.69) is 5.32 Å². The molecule has 0 spiro atoms. The Hall–Kier alpha value is -3.51. The van der Waals surface area contributed by atoms with E-state index in [1.165, 1.54) is 19.2 Å². The smallest absolute Gasteiger partial charge is 0.338 e. The van der Waals surface area contributed by atoms with Crippen molar-refractivity contribution in [2.75, 3.05) is 27.2 Å². The summed E-state index contributed by atoms with van der Waals surface area (Å²) >= 11 is 0. The molecule has 0 saturated heterocycles. The Morgan fingerprint density at radius 3 is 2.25 bits per heavy atom. The number of hydrogen-bond acceptors (Lipinski definition) is 4. The van der Waals surface area contributed by atoms with Gasteiger partial charge in [-0.1, -0.05) is 60.7 Å². The van der Waals surface area contributed by atoms with Gasteiger partial charge in [-0.2, -0.15) is 0 Å². The summed E-state index contributed by atoms with van der Waals surface area (Å²) < 4.78 is 18.3. The molecular weight excluding hydrogens is 407 g/mol. The molecule has 0 aromatic heterocycles. The average Bonchev–Trinajstić information content (AvgIpc) is 2.81. The number of nitrogens with one attached hydrogen (secondary N) is 1. The third-order valence-electron chi connectivity index (χ3n) is 5.27. The van der Waals surface area contributed by atoms with Crippen LogP contribution >= 0.6 is 0 Å². The normalized spacial score (nSPS) is 11.8. The van der Waals surface area contributed by atoms with Crippen molar-refractivity contribution in [3.63, 3.8) is 0 Å². The van der Waals surface area contributed by atoms with E-state index in [0.29, 0.717) is 18.5 Å². The maximum Gasteiger partial charge on any atom is 0.338 e. The fourth-order valence-corrected chi connectivity index (χ4v) is 3.74. The Labute approximate surface area is 187 Å². The Morgan fingerprint density at radius 2 is 1.56 bits per heavy atom. The lowest BCUT2D eigenvalue weighted by Crippen LogP contribution is -2.38. The summed E-state index contributed by atoms with van der Waals surface area (Å²) in [6.07, 6.45) is 0.515. The number of hydrogen-bond donors (Lipinski definition) is 1. The number of esters is 1. The zero-order valence-corrected chi connectivity index (χ0v) is 18.3. The standard InChI is InChI=1S/C26H27FN2O3/c1-29(25(20-9-4-3-5-10-20)21-12-14-22(27)15-13-21)18-24(30)28-17-16-19-8-6-7-11-23(19)26(31)32-2/h3-15,25H,16-18H2,1-2H3,(H,28,30). The summed E-state index contributed by atoms with van der Waals surface area (Å²) in [5, 5.41) is 2.92. The van der Waals surface area contributed by atoms with Crippen molar-refractivity contribution in [1.82, 2.24) is 10.2 Å². The van der Waals surface area contributed by atoms with Gasteiger partial charge >= 0.3 is 5.97 Å². The minimum Gasteiger partial charge on any atom is -0.465 e. The number of carbonyl (C=O) groups excluding carboxylic acids is 2. The summed E-state index contributed by atoms with van der Waals surface area (Å²) in [5.41, 5.74) is 3.24. The third-order valence-corrected chi connectivity index (χ3v) is 5.27. The summed E-state index contributed by atoms with van der Waals surface area (Å²) in [5.74, 6) is -0.823. The van der Waals surface area contributed by atoms with Crippen LogP contribution in [0.1, 0.15) is 33.1 Å². The Kier molecular flexibility index (Phi) is 8.11. The molecule has 3 rings (SSSR count). The van der Waals surface area contributed by atoms with Gasteiger partial charge in [0, 0.05) is 6.54 Å². The fourth-order valence-electron chi connectivity index (χ4n) is 3.74. The molecule has 5 nitrogen and oxygen atoms in total. The number of amides is 1. The minimum absolute atomic E-state index is 0.133. The highest BCUT2D eigenvalue weighted by Gasteiger charge is 2.21. The number of benzene rings is 3. The molecule has 3 aromatic rings. The first-order chi connectivity index (χ1) is 15.5. The highest BCUT2D eigenvalue weighted by atomic mass is 19.1. The van der Waals surface area contributed by atoms with E-state index in [-0.39, 0.29) is 24.3 Å². The van der Waals surface area contributed by atoms with Crippen molar-refractivity contribution in [1.29, 1.82) is 0 Å². The zero-order valence-electron chi connectivity index (χ0n) is 18.3. The minimum atomic E-state index is -0.392. The van der Waals surface area contributed by atoms with Crippen molar-refractivity contribution in [2.24, 2.45) is 0 Å². The first kappa shape index (κ1) is 23.2. The monoisotopic (exact) mass is 434 g/mol. The van der Waals surface area contributed by atoms with Gasteiger partial charge in [0.15, 0.2) is 0 Å². The van der Waals surface area contributed by atoms with Gasteiger partial charge in [-0.25, -0.2) is 9.18 Å². The number of nitrogens with zero attached hydrogens (tertiary/aromatic N) is 1. The molecule has 0 saturated carbocycles. The van der Waals surface area contributed by atoms with Crippen LogP contribution < -0.4 is 5.32 Å². The van der Waals surface area contributed by atoms with E-state index in [9.17, 15) is 14.0 Å². The highest BCUT2D eigenvalue weighted by molar-refractivity contribution is 5.91. The van der Waals surface area contributed by atoms with Crippen molar-refractivity contribution < 1.29 is 18.7 Å². The molecule has 3 aromatic carbocycles. The molecule has 0 fully saturated rings. The lowest BCUT2D eigenvalue weighted by Gasteiger charge is -2.28. The number of carbonyl (C=O) groups is 2. The highest BCUT2D eigenvalue weighted by Crippen LogP contribution is 2.27. The van der Waals surface area contributed by atoms with Crippen LogP contribution in [-0.4, -0.2) is 44.0 Å². The van der Waals surface area contributed by atoms with E-state index in [1.54, 1.807) is 24.3 Å². The molecule has 6 heteroatoms. The van der Waals surface area contributed by atoms with Crippen LogP contribution in [0.2, 0.25) is 0 Å². The maximum atomic E-state index is 13.4. The predicted octanol–water partition coefficient (Wildman–Crippen LogP) is 3.99. The SMILES string of the molecule is COC(=O)c1ccccc1CCNC(=O)CN(C)C(c1ccccc1)c1ccc(F)cc1. The molecule has 0 aliphatic rings. The van der Waals surface area contributed by atoms with Crippen LogP contribution in [-0.2, 0) is 16.0 Å². The molecule has 166 valence electrons. The number of ether oxygens (including phenoxy) is 1. The van der Waals surface area contributed by atoms with Gasteiger partial charge in [-0.3, -0.25) is 9.69 Å². The molecule has 1 N–H and O–H groups in total. The third kappa shape index (κ3) is 6.02. The first-order valence-electron chi connectivity index (χ1n) is 10.4. The van der Waals surface area contributed by atoms with E-state index < -0.39 is 5.97 Å². The lowest BCUT2D eigenvalue weighted by molar-refractivity contribution is -0.122. The fraction of sp³-hybridized carbons (Fsp3) is 0.231. The largest absolute Gasteiger partial charge is 0.465 e. The number of halogens is 1. The van der Waals surface area contributed by atoms with Crippen LogP contribution in [0, 0.1) is 5.82 Å². The Balaban J connectivity index is 1.64. The van der Waals surface area contributed by atoms with Crippen molar-refractivity contribution in [3.8, 4) is 0 Å². The topological polar surface area (TPSA) is 58.6 Å². The summed E-state index contributed by atoms with van der Waals surface area (Å²) in [6.45, 7) is 0.558. The molecule has 0 radical (unpaired) electrons. The molecule has 1 amide bonds. The van der Waals surface area contributed by atoms with Crippen molar-refractivity contribution in [2.45, 2.75) is 12.5 Å². The van der Waals surface area contributed by atoms with Crippen LogP contribution in [0.3, 0.4) is 0 Å². The van der Waals surface area contributed by atoms with Crippen LogP contribution in [0.4, 0.5) is 4.39 Å². The van der Waals surface area contributed by atoms with Crippen LogP contribution in [0.5, 0.6) is 0 Å². The Bertz CT molecular complexity index is 1040. The second-order valence-corrected chi connectivity index (χ2v) is 7.53. The van der Waals surface area contributed by atoms with Gasteiger partial charge in [0.05, 0.1) is 25.3 Å². The van der Waals surface area contributed by atoms with E-state index in [4.69, 9.17) is 4.74 Å².